The minimum absolute atomic E-state index is 0.985. The second-order valence-corrected chi connectivity index (χ2v) is 7.67. The Hall–Kier alpha value is 0.350. The molecule has 1 heterocycles. The minimum atomic E-state index is 0.985. The molecule has 0 aromatic carbocycles. The Kier molecular flexibility index (Phi) is 11.9. The molecule has 1 aliphatic heterocycles. The molecule has 0 aliphatic carbocycles. The molecule has 1 N–H and O–H groups in total. The van der Waals surface area contributed by atoms with Crippen LogP contribution in [-0.2, 0) is 0 Å². The summed E-state index contributed by atoms with van der Waals surface area (Å²) in [4.78, 5) is 0. The van der Waals surface area contributed by atoms with Gasteiger partial charge in [-0.3, -0.25) is 4.67 Å². The molecule has 0 aromatic rings. The van der Waals surface area contributed by atoms with E-state index in [4.69, 9.17) is 0 Å². The lowest BCUT2D eigenvalue weighted by molar-refractivity contribution is 0.244. The number of nitrogens with one attached hydrogen (secondary N) is 1. The van der Waals surface area contributed by atoms with Crippen molar-refractivity contribution in [3.63, 3.8) is 0 Å². The van der Waals surface area contributed by atoms with Gasteiger partial charge in [0.2, 0.25) is 0 Å². The lowest BCUT2D eigenvalue weighted by Crippen LogP contribution is -2.18. The predicted molar refractivity (Wildman–Crippen MR) is 98.7 cm³/mol. The Morgan fingerprint density at radius 2 is 1.67 bits per heavy atom. The summed E-state index contributed by atoms with van der Waals surface area (Å²) >= 11 is 0. The third-order valence-electron chi connectivity index (χ3n) is 5.12. The van der Waals surface area contributed by atoms with Crippen molar-refractivity contribution in [3.8, 4) is 0 Å². The molecule has 1 aliphatic rings. The van der Waals surface area contributed by atoms with Gasteiger partial charge in [-0.2, -0.15) is 0 Å². The van der Waals surface area contributed by atoms with Crippen molar-refractivity contribution >= 4 is 9.39 Å². The van der Waals surface area contributed by atoms with E-state index in [2.05, 4.69) is 33.3 Å². The molecule has 21 heavy (non-hydrogen) atoms. The number of hydrogen-bond donors (Lipinski definition) is 1. The van der Waals surface area contributed by atoms with Gasteiger partial charge in [0, 0.05) is 13.1 Å². The molecule has 1 rings (SSSR count). The van der Waals surface area contributed by atoms with E-state index in [1.807, 2.05) is 0 Å². The summed E-state index contributed by atoms with van der Waals surface area (Å²) in [5, 5.41) is 3.29. The van der Waals surface area contributed by atoms with Gasteiger partial charge in [0.1, 0.15) is 0 Å². The molecule has 1 saturated heterocycles. The fraction of sp³-hybridized carbons (Fsp3) is 1.00. The predicted octanol–water partition coefficient (Wildman–Crippen LogP) is 4.85. The molecule has 0 aromatic heterocycles. The summed E-state index contributed by atoms with van der Waals surface area (Å²) in [6.07, 6.45) is 15.6. The topological polar surface area (TPSA) is 15.3 Å². The lowest BCUT2D eigenvalue weighted by atomic mass is 9.79. The molecule has 2 nitrogen and oxygen atoms in total. The normalized spacial score (nSPS) is 26.4. The van der Waals surface area contributed by atoms with Crippen LogP contribution in [0.2, 0.25) is 0 Å². The van der Waals surface area contributed by atoms with Crippen molar-refractivity contribution in [1.82, 2.24) is 9.99 Å². The number of hydrogen-bond acceptors (Lipinski definition) is 2. The fourth-order valence-electron chi connectivity index (χ4n) is 3.88. The third kappa shape index (κ3) is 9.16. The quantitative estimate of drug-likeness (QED) is 0.533. The fourth-order valence-corrected chi connectivity index (χ4v) is 4.24. The van der Waals surface area contributed by atoms with Gasteiger partial charge in [-0.1, -0.05) is 61.3 Å². The smallest absolute Gasteiger partial charge is 0.00162 e. The zero-order chi connectivity index (χ0) is 15.3. The zero-order valence-electron chi connectivity index (χ0n) is 14.6. The maximum Gasteiger partial charge on any atom is 0.00162 e. The molecule has 0 spiro atoms. The number of rotatable bonds is 7. The molecule has 0 bridgehead atoms. The molecule has 3 atom stereocenters. The van der Waals surface area contributed by atoms with E-state index in [1.54, 1.807) is 0 Å². The van der Waals surface area contributed by atoms with Crippen molar-refractivity contribution < 1.29 is 0 Å². The highest BCUT2D eigenvalue weighted by atomic mass is 31.0. The Morgan fingerprint density at radius 3 is 2.43 bits per heavy atom. The summed E-state index contributed by atoms with van der Waals surface area (Å²) in [5.41, 5.74) is 0. The van der Waals surface area contributed by atoms with Gasteiger partial charge in [-0.25, -0.2) is 0 Å². The molecule has 126 valence electrons. The van der Waals surface area contributed by atoms with Gasteiger partial charge in [0.15, 0.2) is 0 Å². The minimum Gasteiger partial charge on any atom is -0.320 e. The average molecular weight is 314 g/mol. The van der Waals surface area contributed by atoms with Gasteiger partial charge < -0.3 is 5.32 Å². The second kappa shape index (κ2) is 12.9. The van der Waals surface area contributed by atoms with Crippen LogP contribution in [0, 0.1) is 11.8 Å². The van der Waals surface area contributed by atoms with E-state index in [1.165, 1.54) is 90.3 Å². The molecule has 0 radical (unpaired) electrons. The van der Waals surface area contributed by atoms with Gasteiger partial charge >= 0.3 is 0 Å². The Balaban J connectivity index is 2.49. The Morgan fingerprint density at radius 1 is 0.952 bits per heavy atom. The van der Waals surface area contributed by atoms with Crippen molar-refractivity contribution in [2.24, 2.45) is 11.8 Å². The van der Waals surface area contributed by atoms with E-state index < -0.39 is 0 Å². The maximum atomic E-state index is 3.29. The van der Waals surface area contributed by atoms with Gasteiger partial charge in [0.25, 0.3) is 0 Å². The summed E-state index contributed by atoms with van der Waals surface area (Å²) in [7, 11) is 5.01. The van der Waals surface area contributed by atoms with E-state index in [0.29, 0.717) is 0 Å². The molecule has 0 amide bonds. The van der Waals surface area contributed by atoms with Crippen LogP contribution < -0.4 is 5.32 Å². The standard InChI is InChI=1S/C18H39N2P/c1-3-10-17-11-5-4-8-15-20(21)16-9-13-18(17)12-6-7-14-19-2/h17-19H,3-16,21H2,1-2H3. The van der Waals surface area contributed by atoms with E-state index in [9.17, 15) is 0 Å². The maximum absolute atomic E-state index is 3.29. The van der Waals surface area contributed by atoms with E-state index in [-0.39, 0.29) is 0 Å². The first-order chi connectivity index (χ1) is 10.3. The van der Waals surface area contributed by atoms with Crippen molar-refractivity contribution in [2.75, 3.05) is 26.7 Å². The average Bonchev–Trinajstić information content (AvgIpc) is 2.51. The molecule has 0 saturated carbocycles. The first-order valence-corrected chi connectivity index (χ1v) is 9.93. The van der Waals surface area contributed by atoms with Gasteiger partial charge in [-0.15, -0.1) is 0 Å². The SMILES string of the molecule is CCCC1CCCCCN(P)CCCC1CCCCNC. The molecular formula is C18H39N2P. The Bertz CT molecular complexity index is 235. The lowest BCUT2D eigenvalue weighted by Gasteiger charge is -2.27. The Labute approximate surface area is 136 Å². The van der Waals surface area contributed by atoms with Crippen molar-refractivity contribution in [1.29, 1.82) is 0 Å². The molecule has 1 fully saturated rings. The van der Waals surface area contributed by atoms with Crippen LogP contribution >= 0.6 is 9.39 Å². The highest BCUT2D eigenvalue weighted by molar-refractivity contribution is 7.13. The first-order valence-electron chi connectivity index (χ1n) is 9.42. The highest BCUT2D eigenvalue weighted by Crippen LogP contribution is 2.32. The molecular weight excluding hydrogens is 275 g/mol. The van der Waals surface area contributed by atoms with Crippen LogP contribution in [0.3, 0.4) is 0 Å². The van der Waals surface area contributed by atoms with Crippen LogP contribution in [0.4, 0.5) is 0 Å². The highest BCUT2D eigenvalue weighted by Gasteiger charge is 2.20. The number of nitrogens with zero attached hydrogens (tertiary/aromatic N) is 1. The van der Waals surface area contributed by atoms with Crippen molar-refractivity contribution in [2.45, 2.75) is 77.6 Å². The van der Waals surface area contributed by atoms with Gasteiger partial charge in [-0.05, 0) is 51.1 Å². The molecule has 3 unspecified atom stereocenters. The summed E-state index contributed by atoms with van der Waals surface area (Å²) in [5.74, 6) is 1.99. The first kappa shape index (κ1) is 19.4. The van der Waals surface area contributed by atoms with Crippen LogP contribution in [-0.4, -0.2) is 31.4 Å². The van der Waals surface area contributed by atoms with Crippen LogP contribution in [0.15, 0.2) is 0 Å². The summed E-state index contributed by atoms with van der Waals surface area (Å²) in [6.45, 7) is 6.10. The molecule has 3 heteroatoms. The van der Waals surface area contributed by atoms with Crippen LogP contribution in [0.5, 0.6) is 0 Å². The summed E-state index contributed by atoms with van der Waals surface area (Å²) < 4.78 is 2.47. The van der Waals surface area contributed by atoms with E-state index >= 15 is 0 Å². The monoisotopic (exact) mass is 314 g/mol. The zero-order valence-corrected chi connectivity index (χ0v) is 15.7. The van der Waals surface area contributed by atoms with Crippen LogP contribution in [0.1, 0.15) is 77.6 Å². The number of unbranched alkanes of at least 4 members (excludes halogenated alkanes) is 1. The van der Waals surface area contributed by atoms with Crippen LogP contribution in [0.25, 0.3) is 0 Å². The van der Waals surface area contributed by atoms with Crippen molar-refractivity contribution in [3.05, 3.63) is 0 Å². The van der Waals surface area contributed by atoms with Gasteiger partial charge in [0.05, 0.1) is 0 Å². The largest absolute Gasteiger partial charge is 0.320 e. The third-order valence-corrected chi connectivity index (χ3v) is 5.63. The summed E-state index contributed by atoms with van der Waals surface area (Å²) in [6, 6.07) is 0. The second-order valence-electron chi connectivity index (χ2n) is 6.94. The van der Waals surface area contributed by atoms with E-state index in [0.717, 1.165) is 11.8 Å².